The standard InChI is InChI=1S/C18H14Cl2N2O3/c19-8-1-2-9(12(20)7-8)15(23)21-22-16(24)13-10-3-4-11(14(13)17(22)25)18(10)5-6-18/h1-4,7,10-11,13-14H,5-6H2,(H,21,23). The van der Waals surface area contributed by atoms with Gasteiger partial charge in [0.05, 0.1) is 22.4 Å². The van der Waals surface area contributed by atoms with Crippen LogP contribution in [0.25, 0.3) is 0 Å². The van der Waals surface area contributed by atoms with Crippen LogP contribution < -0.4 is 5.43 Å². The number of hydrazine groups is 1. The van der Waals surface area contributed by atoms with Crippen LogP contribution in [-0.4, -0.2) is 22.7 Å². The molecule has 4 aliphatic rings. The Hall–Kier alpha value is -1.85. The summed E-state index contributed by atoms with van der Waals surface area (Å²) in [5, 5.41) is 1.47. The lowest BCUT2D eigenvalue weighted by molar-refractivity contribution is -0.144. The highest BCUT2D eigenvalue weighted by Crippen LogP contribution is 2.73. The fourth-order valence-electron chi connectivity index (χ4n) is 5.02. The van der Waals surface area contributed by atoms with Crippen LogP contribution >= 0.6 is 23.2 Å². The van der Waals surface area contributed by atoms with Crippen molar-refractivity contribution in [3.63, 3.8) is 0 Å². The zero-order valence-corrected chi connectivity index (χ0v) is 14.6. The highest BCUT2D eigenvalue weighted by molar-refractivity contribution is 6.36. The van der Waals surface area contributed by atoms with Crippen LogP contribution in [0, 0.1) is 29.1 Å². The van der Waals surface area contributed by atoms with Gasteiger partial charge < -0.3 is 0 Å². The first-order valence-corrected chi connectivity index (χ1v) is 9.02. The second kappa shape index (κ2) is 4.86. The molecule has 1 N–H and O–H groups in total. The first kappa shape index (κ1) is 15.4. The van der Waals surface area contributed by atoms with Crippen LogP contribution in [0.1, 0.15) is 23.2 Å². The van der Waals surface area contributed by atoms with Crippen LogP contribution in [0.2, 0.25) is 10.0 Å². The zero-order chi connectivity index (χ0) is 17.5. The van der Waals surface area contributed by atoms with Crippen LogP contribution in [0.15, 0.2) is 30.4 Å². The summed E-state index contributed by atoms with van der Waals surface area (Å²) in [6, 6.07) is 4.45. The maximum atomic E-state index is 12.8. The van der Waals surface area contributed by atoms with Gasteiger partial charge in [-0.15, -0.1) is 0 Å². The van der Waals surface area contributed by atoms with Gasteiger partial charge in [-0.25, -0.2) is 0 Å². The largest absolute Gasteiger partial charge is 0.272 e. The quantitative estimate of drug-likeness (QED) is 0.637. The van der Waals surface area contributed by atoms with E-state index in [1.165, 1.54) is 18.2 Å². The fourth-order valence-corrected chi connectivity index (χ4v) is 5.52. The molecule has 5 rings (SSSR count). The van der Waals surface area contributed by atoms with Gasteiger partial charge in [0.25, 0.3) is 17.7 Å². The van der Waals surface area contributed by atoms with E-state index in [1.807, 2.05) is 0 Å². The van der Waals surface area contributed by atoms with Crippen LogP contribution in [0.3, 0.4) is 0 Å². The van der Waals surface area contributed by atoms with Crippen molar-refractivity contribution in [2.24, 2.45) is 29.1 Å². The summed E-state index contributed by atoms with van der Waals surface area (Å²) in [7, 11) is 0. The Labute approximate surface area is 153 Å². The molecule has 128 valence electrons. The van der Waals surface area contributed by atoms with E-state index in [0.717, 1.165) is 17.9 Å². The molecule has 1 aromatic rings. The Kier molecular flexibility index (Phi) is 3.00. The van der Waals surface area contributed by atoms with Crippen molar-refractivity contribution in [1.82, 2.24) is 10.4 Å². The number of allylic oxidation sites excluding steroid dienone is 2. The van der Waals surface area contributed by atoms with Crippen LogP contribution in [0.5, 0.6) is 0 Å². The molecule has 3 aliphatic carbocycles. The number of fused-ring (bicyclic) bond motifs is 3. The molecule has 7 heteroatoms. The lowest BCUT2D eigenvalue weighted by Gasteiger charge is -2.22. The molecule has 2 saturated carbocycles. The predicted molar refractivity (Wildman–Crippen MR) is 90.5 cm³/mol. The average Bonchev–Trinajstić information content (AvgIpc) is 3.17. The molecular formula is C18H14Cl2N2O3. The van der Waals surface area contributed by atoms with E-state index in [-0.39, 0.29) is 51.5 Å². The maximum absolute atomic E-state index is 12.8. The normalized spacial score (nSPS) is 33.3. The van der Waals surface area contributed by atoms with Gasteiger partial charge in [0.15, 0.2) is 0 Å². The summed E-state index contributed by atoms with van der Waals surface area (Å²) in [4.78, 5) is 38.1. The van der Waals surface area contributed by atoms with E-state index in [2.05, 4.69) is 17.6 Å². The lowest BCUT2D eigenvalue weighted by Crippen LogP contribution is -2.48. The monoisotopic (exact) mass is 376 g/mol. The zero-order valence-electron chi connectivity index (χ0n) is 13.0. The van der Waals surface area contributed by atoms with Gasteiger partial charge in [0, 0.05) is 5.02 Å². The molecule has 4 unspecified atom stereocenters. The number of nitrogens with zero attached hydrogens (tertiary/aromatic N) is 1. The number of hydrogen-bond acceptors (Lipinski definition) is 3. The van der Waals surface area contributed by atoms with E-state index < -0.39 is 5.91 Å². The first-order valence-electron chi connectivity index (χ1n) is 8.26. The SMILES string of the molecule is O=C(NN1C(=O)C2C(C1=O)C1C=CC2C12CC2)c1ccc(Cl)cc1Cl. The third-order valence-corrected chi connectivity index (χ3v) is 6.79. The number of benzene rings is 1. The maximum Gasteiger partial charge on any atom is 0.271 e. The van der Waals surface area contributed by atoms with Gasteiger partial charge >= 0.3 is 0 Å². The number of amides is 3. The Morgan fingerprint density at radius 2 is 1.68 bits per heavy atom. The van der Waals surface area contributed by atoms with Gasteiger partial charge in [-0.05, 0) is 48.3 Å². The number of carbonyl (C=O) groups is 3. The van der Waals surface area contributed by atoms with Crippen molar-refractivity contribution in [1.29, 1.82) is 0 Å². The smallest absolute Gasteiger partial charge is 0.271 e. The highest BCUT2D eigenvalue weighted by Gasteiger charge is 2.73. The molecule has 1 aliphatic heterocycles. The summed E-state index contributed by atoms with van der Waals surface area (Å²) in [5.74, 6) is -1.64. The molecule has 2 bridgehead atoms. The second-order valence-corrected chi connectivity index (χ2v) is 8.14. The summed E-state index contributed by atoms with van der Waals surface area (Å²) < 4.78 is 0. The number of rotatable bonds is 2. The topological polar surface area (TPSA) is 66.5 Å². The number of nitrogens with one attached hydrogen (secondary N) is 1. The van der Waals surface area contributed by atoms with Crippen molar-refractivity contribution in [2.75, 3.05) is 0 Å². The van der Waals surface area contributed by atoms with Crippen LogP contribution in [-0.2, 0) is 9.59 Å². The molecule has 25 heavy (non-hydrogen) atoms. The Balaban J connectivity index is 1.41. The number of imide groups is 1. The Morgan fingerprint density at radius 1 is 1.08 bits per heavy atom. The average molecular weight is 377 g/mol. The van der Waals surface area contributed by atoms with Gasteiger partial charge in [0.1, 0.15) is 0 Å². The molecule has 1 aromatic carbocycles. The molecule has 0 aromatic heterocycles. The molecule has 1 spiro atoms. The summed E-state index contributed by atoms with van der Waals surface area (Å²) in [6.07, 6.45) is 6.34. The van der Waals surface area contributed by atoms with Crippen molar-refractivity contribution < 1.29 is 14.4 Å². The molecule has 1 heterocycles. The summed E-state index contributed by atoms with van der Waals surface area (Å²) >= 11 is 11.9. The van der Waals surface area contributed by atoms with Gasteiger partial charge in [-0.3, -0.25) is 19.8 Å². The third-order valence-electron chi connectivity index (χ3n) is 6.24. The number of hydrogen-bond donors (Lipinski definition) is 1. The second-order valence-electron chi connectivity index (χ2n) is 7.30. The van der Waals surface area contributed by atoms with E-state index >= 15 is 0 Å². The van der Waals surface area contributed by atoms with Crippen molar-refractivity contribution in [2.45, 2.75) is 12.8 Å². The van der Waals surface area contributed by atoms with E-state index in [9.17, 15) is 14.4 Å². The minimum atomic E-state index is -0.593. The molecule has 5 nitrogen and oxygen atoms in total. The summed E-state index contributed by atoms with van der Waals surface area (Å²) in [5.41, 5.74) is 2.75. The molecule has 3 amide bonds. The van der Waals surface area contributed by atoms with Crippen molar-refractivity contribution >= 4 is 40.9 Å². The molecule has 1 saturated heterocycles. The fraction of sp³-hybridized carbons (Fsp3) is 0.389. The van der Waals surface area contributed by atoms with Gasteiger partial charge in [-0.2, -0.15) is 5.01 Å². The minimum Gasteiger partial charge on any atom is -0.272 e. The van der Waals surface area contributed by atoms with E-state index in [0.29, 0.717) is 5.02 Å². The number of carbonyl (C=O) groups excluding carboxylic acids is 3. The highest BCUT2D eigenvalue weighted by atomic mass is 35.5. The third kappa shape index (κ3) is 1.88. The van der Waals surface area contributed by atoms with Gasteiger partial charge in [0.2, 0.25) is 0 Å². The van der Waals surface area contributed by atoms with Crippen molar-refractivity contribution in [3.8, 4) is 0 Å². The van der Waals surface area contributed by atoms with Gasteiger partial charge in [-0.1, -0.05) is 35.4 Å². The first-order chi connectivity index (χ1) is 11.9. The minimum absolute atomic E-state index is 0.125. The molecule has 4 atom stereocenters. The summed E-state index contributed by atoms with van der Waals surface area (Å²) in [6.45, 7) is 0. The molecule has 3 fully saturated rings. The van der Waals surface area contributed by atoms with E-state index in [1.54, 1.807) is 0 Å². The molecular weight excluding hydrogens is 363 g/mol. The Morgan fingerprint density at radius 3 is 2.20 bits per heavy atom. The van der Waals surface area contributed by atoms with Crippen LogP contribution in [0.4, 0.5) is 0 Å². The van der Waals surface area contributed by atoms with E-state index in [4.69, 9.17) is 23.2 Å². The van der Waals surface area contributed by atoms with Crippen molar-refractivity contribution in [3.05, 3.63) is 46.0 Å². The predicted octanol–water partition coefficient (Wildman–Crippen LogP) is 2.84. The Bertz CT molecular complexity index is 843. The molecule has 0 radical (unpaired) electrons. The lowest BCUT2D eigenvalue weighted by atomic mass is 9.85. The number of halogens is 2.